The van der Waals surface area contributed by atoms with Crippen LogP contribution in [0.2, 0.25) is 5.02 Å². The Morgan fingerprint density at radius 3 is 2.46 bits per heavy atom. The number of rotatable bonds is 7. The van der Waals surface area contributed by atoms with Gasteiger partial charge in [0, 0.05) is 23.3 Å². The van der Waals surface area contributed by atoms with E-state index in [2.05, 4.69) is 15.4 Å². The highest BCUT2D eigenvalue weighted by atomic mass is 35.5. The van der Waals surface area contributed by atoms with Gasteiger partial charge >= 0.3 is 0 Å². The fourth-order valence-corrected chi connectivity index (χ4v) is 3.68. The molecule has 9 heteroatoms. The van der Waals surface area contributed by atoms with Crippen LogP contribution in [0.5, 0.6) is 0 Å². The zero-order valence-corrected chi connectivity index (χ0v) is 17.5. The fraction of sp³-hybridized carbons (Fsp3) is 0.158. The summed E-state index contributed by atoms with van der Waals surface area (Å²) >= 11 is 11.1. The number of hydrogen-bond acceptors (Lipinski definition) is 4. The molecule has 0 aliphatic heterocycles. The molecule has 148 valence electrons. The molecular formula is C19H20ClN3O3S2. The highest BCUT2D eigenvalue weighted by Gasteiger charge is 2.12. The van der Waals surface area contributed by atoms with Crippen LogP contribution in [0, 0.1) is 0 Å². The Kier molecular flexibility index (Phi) is 8.13. The van der Waals surface area contributed by atoms with Crippen molar-refractivity contribution >= 4 is 56.6 Å². The maximum atomic E-state index is 12.1. The summed E-state index contributed by atoms with van der Waals surface area (Å²) in [5.41, 5.74) is 1.27. The third-order valence-corrected chi connectivity index (χ3v) is 5.55. The van der Waals surface area contributed by atoms with Crippen molar-refractivity contribution < 1.29 is 13.2 Å². The molecule has 2 rings (SSSR count). The molecule has 0 fully saturated rings. The van der Waals surface area contributed by atoms with Gasteiger partial charge in [0.1, 0.15) is 0 Å². The SMILES string of the molecule is CCCNS(=O)(=O)c1ccc(NC(=S)NC(=O)/C=C/c2ccccc2Cl)cc1. The van der Waals surface area contributed by atoms with Crippen LogP contribution in [0.3, 0.4) is 0 Å². The van der Waals surface area contributed by atoms with Gasteiger partial charge in [0.25, 0.3) is 0 Å². The van der Waals surface area contributed by atoms with E-state index < -0.39 is 15.9 Å². The van der Waals surface area contributed by atoms with Gasteiger partial charge in [0.15, 0.2) is 5.11 Å². The van der Waals surface area contributed by atoms with Crippen molar-refractivity contribution in [3.8, 4) is 0 Å². The van der Waals surface area contributed by atoms with E-state index in [-0.39, 0.29) is 10.0 Å². The predicted molar refractivity (Wildman–Crippen MR) is 117 cm³/mol. The summed E-state index contributed by atoms with van der Waals surface area (Å²) in [6.07, 6.45) is 3.62. The standard InChI is InChI=1S/C19H20ClN3O3S2/c1-2-13-21-28(25,26)16-10-8-15(9-11-16)22-19(27)23-18(24)12-7-14-5-3-4-6-17(14)20/h3-12,21H,2,13H2,1H3,(H2,22,23,24,27)/b12-7+. The van der Waals surface area contributed by atoms with Gasteiger partial charge in [-0.3, -0.25) is 10.1 Å². The molecule has 0 spiro atoms. The van der Waals surface area contributed by atoms with E-state index in [1.165, 1.54) is 18.2 Å². The second-order valence-electron chi connectivity index (χ2n) is 5.72. The molecule has 0 atom stereocenters. The van der Waals surface area contributed by atoms with Gasteiger partial charge in [-0.1, -0.05) is 36.7 Å². The minimum atomic E-state index is -3.52. The van der Waals surface area contributed by atoms with E-state index in [1.807, 2.05) is 13.0 Å². The minimum Gasteiger partial charge on any atom is -0.332 e. The molecular weight excluding hydrogens is 418 g/mol. The number of benzene rings is 2. The van der Waals surface area contributed by atoms with Crippen LogP contribution in [0.1, 0.15) is 18.9 Å². The molecule has 0 aromatic heterocycles. The number of hydrogen-bond donors (Lipinski definition) is 3. The van der Waals surface area contributed by atoms with Gasteiger partial charge < -0.3 is 5.32 Å². The smallest absolute Gasteiger partial charge is 0.250 e. The van der Waals surface area contributed by atoms with Crippen molar-refractivity contribution in [2.75, 3.05) is 11.9 Å². The van der Waals surface area contributed by atoms with Gasteiger partial charge in [0.2, 0.25) is 15.9 Å². The van der Waals surface area contributed by atoms with E-state index in [4.69, 9.17) is 23.8 Å². The lowest BCUT2D eigenvalue weighted by atomic mass is 10.2. The van der Waals surface area contributed by atoms with E-state index in [0.717, 1.165) is 0 Å². The second-order valence-corrected chi connectivity index (χ2v) is 8.30. The number of anilines is 1. The van der Waals surface area contributed by atoms with Crippen LogP contribution >= 0.6 is 23.8 Å². The molecule has 0 saturated carbocycles. The molecule has 0 unspecified atom stereocenters. The van der Waals surface area contributed by atoms with Crippen molar-refractivity contribution in [3.05, 3.63) is 65.2 Å². The summed E-state index contributed by atoms with van der Waals surface area (Å²) in [4.78, 5) is 12.1. The number of carbonyl (C=O) groups is 1. The van der Waals surface area contributed by atoms with Gasteiger partial charge in [-0.25, -0.2) is 13.1 Å². The minimum absolute atomic E-state index is 0.0912. The van der Waals surface area contributed by atoms with Crippen molar-refractivity contribution in [1.82, 2.24) is 10.0 Å². The molecule has 2 aromatic carbocycles. The van der Waals surface area contributed by atoms with Crippen LogP contribution in [0.4, 0.5) is 5.69 Å². The van der Waals surface area contributed by atoms with E-state index in [9.17, 15) is 13.2 Å². The monoisotopic (exact) mass is 437 g/mol. The van der Waals surface area contributed by atoms with E-state index in [0.29, 0.717) is 29.2 Å². The molecule has 28 heavy (non-hydrogen) atoms. The fourth-order valence-electron chi connectivity index (χ4n) is 2.13. The van der Waals surface area contributed by atoms with Gasteiger partial charge in [-0.2, -0.15) is 0 Å². The quantitative estimate of drug-likeness (QED) is 0.455. The Morgan fingerprint density at radius 2 is 1.82 bits per heavy atom. The number of amides is 1. The second kappa shape index (κ2) is 10.3. The molecule has 0 bridgehead atoms. The summed E-state index contributed by atoms with van der Waals surface area (Å²) in [5.74, 6) is -0.416. The van der Waals surface area contributed by atoms with Crippen molar-refractivity contribution in [1.29, 1.82) is 0 Å². The first-order valence-corrected chi connectivity index (χ1v) is 10.7. The number of thiocarbonyl (C=S) groups is 1. The summed E-state index contributed by atoms with van der Waals surface area (Å²) in [5, 5.41) is 5.97. The molecule has 0 aliphatic carbocycles. The number of nitrogens with one attached hydrogen (secondary N) is 3. The van der Waals surface area contributed by atoms with E-state index >= 15 is 0 Å². The first-order valence-electron chi connectivity index (χ1n) is 8.46. The Morgan fingerprint density at radius 1 is 1.14 bits per heavy atom. The summed E-state index contributed by atoms with van der Waals surface area (Å²) in [7, 11) is -3.52. The van der Waals surface area contributed by atoms with Crippen molar-refractivity contribution in [3.63, 3.8) is 0 Å². The predicted octanol–water partition coefficient (Wildman–Crippen LogP) is 3.55. The van der Waals surface area contributed by atoms with Gasteiger partial charge in [-0.05, 0) is 60.6 Å². The molecule has 0 heterocycles. The molecule has 0 aliphatic rings. The summed E-state index contributed by atoms with van der Waals surface area (Å²) in [6.45, 7) is 2.26. The topological polar surface area (TPSA) is 87.3 Å². The highest BCUT2D eigenvalue weighted by Crippen LogP contribution is 2.16. The van der Waals surface area contributed by atoms with Crippen molar-refractivity contribution in [2.45, 2.75) is 18.2 Å². The lowest BCUT2D eigenvalue weighted by Crippen LogP contribution is -2.32. The van der Waals surface area contributed by atoms with Crippen LogP contribution in [-0.4, -0.2) is 26.0 Å². The molecule has 0 saturated heterocycles. The average Bonchev–Trinajstić information content (AvgIpc) is 2.66. The summed E-state index contributed by atoms with van der Waals surface area (Å²) < 4.78 is 26.6. The number of sulfonamides is 1. The molecule has 6 nitrogen and oxygen atoms in total. The zero-order valence-electron chi connectivity index (χ0n) is 15.1. The lowest BCUT2D eigenvalue weighted by molar-refractivity contribution is -0.115. The van der Waals surface area contributed by atoms with Crippen molar-refractivity contribution in [2.24, 2.45) is 0 Å². The first-order chi connectivity index (χ1) is 13.3. The normalized spacial score (nSPS) is 11.4. The Bertz CT molecular complexity index is 974. The highest BCUT2D eigenvalue weighted by molar-refractivity contribution is 7.89. The van der Waals surface area contributed by atoms with Gasteiger partial charge in [0.05, 0.1) is 4.90 Å². The Hall–Kier alpha value is -2.26. The maximum Gasteiger partial charge on any atom is 0.250 e. The van der Waals surface area contributed by atoms with E-state index in [1.54, 1.807) is 36.4 Å². The number of carbonyl (C=O) groups excluding carboxylic acids is 1. The Balaban J connectivity index is 1.92. The largest absolute Gasteiger partial charge is 0.332 e. The zero-order chi connectivity index (χ0) is 20.6. The number of halogens is 1. The first kappa shape index (κ1) is 22.0. The van der Waals surface area contributed by atoms with Crippen LogP contribution in [-0.2, 0) is 14.8 Å². The maximum absolute atomic E-state index is 12.1. The van der Waals surface area contributed by atoms with Gasteiger partial charge in [-0.15, -0.1) is 0 Å². The molecule has 3 N–H and O–H groups in total. The summed E-state index contributed by atoms with van der Waals surface area (Å²) in [6, 6.07) is 13.2. The molecule has 1 amide bonds. The van der Waals surface area contributed by atoms with Crippen LogP contribution < -0.4 is 15.4 Å². The third-order valence-electron chi connectivity index (χ3n) is 3.52. The average molecular weight is 438 g/mol. The lowest BCUT2D eigenvalue weighted by Gasteiger charge is -2.10. The van der Waals surface area contributed by atoms with Crippen LogP contribution in [0.25, 0.3) is 6.08 Å². The molecule has 2 aromatic rings. The molecule has 0 radical (unpaired) electrons. The Labute approximate surface area is 175 Å². The van der Waals surface area contributed by atoms with Crippen LogP contribution in [0.15, 0.2) is 59.5 Å². The third kappa shape index (κ3) is 6.72.